The van der Waals surface area contributed by atoms with E-state index in [0.29, 0.717) is 0 Å². The first-order valence-electron chi connectivity index (χ1n) is 5.60. The van der Waals surface area contributed by atoms with Gasteiger partial charge in [0.05, 0.1) is 17.9 Å². The van der Waals surface area contributed by atoms with Gasteiger partial charge in [-0.15, -0.1) is 0 Å². The second-order valence-electron chi connectivity index (χ2n) is 4.90. The summed E-state index contributed by atoms with van der Waals surface area (Å²) in [6.45, 7) is 8.56. The van der Waals surface area contributed by atoms with Crippen LogP contribution in [0.5, 0.6) is 0 Å². The van der Waals surface area contributed by atoms with Crippen LogP contribution in [0.25, 0.3) is 0 Å². The molecule has 1 aliphatic heterocycles. The predicted molar refractivity (Wildman–Crippen MR) is 65.6 cm³/mol. The van der Waals surface area contributed by atoms with Crippen molar-refractivity contribution in [2.24, 2.45) is 0 Å². The Morgan fingerprint density at radius 2 is 2.19 bits per heavy atom. The fourth-order valence-corrected chi connectivity index (χ4v) is 2.00. The third-order valence-corrected chi connectivity index (χ3v) is 2.77. The first kappa shape index (κ1) is 11.2. The van der Waals surface area contributed by atoms with Gasteiger partial charge in [0.25, 0.3) is 0 Å². The fourth-order valence-electron chi connectivity index (χ4n) is 2.00. The molecule has 0 bridgehead atoms. The van der Waals surface area contributed by atoms with Crippen LogP contribution in [0.3, 0.4) is 0 Å². The van der Waals surface area contributed by atoms with Crippen LogP contribution in [-0.4, -0.2) is 30.3 Å². The summed E-state index contributed by atoms with van der Waals surface area (Å²) in [4.78, 5) is 6.71. The van der Waals surface area contributed by atoms with Crippen molar-refractivity contribution in [1.82, 2.24) is 4.98 Å². The summed E-state index contributed by atoms with van der Waals surface area (Å²) in [6.07, 6.45) is 0. The molecular formula is C12H19N3O. The molecule has 16 heavy (non-hydrogen) atoms. The highest BCUT2D eigenvalue weighted by Gasteiger charge is 2.28. The van der Waals surface area contributed by atoms with Gasteiger partial charge in [-0.2, -0.15) is 0 Å². The largest absolute Gasteiger partial charge is 0.396 e. The van der Waals surface area contributed by atoms with Gasteiger partial charge in [0.1, 0.15) is 0 Å². The van der Waals surface area contributed by atoms with Crippen molar-refractivity contribution in [2.45, 2.75) is 26.4 Å². The number of pyridine rings is 1. The third-order valence-electron chi connectivity index (χ3n) is 2.77. The lowest BCUT2D eigenvalue weighted by atomic mass is 10.1. The highest BCUT2D eigenvalue weighted by molar-refractivity contribution is 5.63. The SMILES string of the molecule is Cc1ccc(N)c(N2CCOC(C)(C)C2)n1. The first-order chi connectivity index (χ1) is 7.48. The summed E-state index contributed by atoms with van der Waals surface area (Å²) in [6, 6.07) is 3.85. The van der Waals surface area contributed by atoms with Crippen LogP contribution in [-0.2, 0) is 4.74 Å². The number of hydrogen-bond acceptors (Lipinski definition) is 4. The van der Waals surface area contributed by atoms with Crippen LogP contribution in [0.1, 0.15) is 19.5 Å². The summed E-state index contributed by atoms with van der Waals surface area (Å²) < 4.78 is 5.68. The summed E-state index contributed by atoms with van der Waals surface area (Å²) in [5.74, 6) is 0.886. The van der Waals surface area contributed by atoms with E-state index in [1.165, 1.54) is 0 Å². The minimum absolute atomic E-state index is 0.129. The number of rotatable bonds is 1. The summed E-state index contributed by atoms with van der Waals surface area (Å²) >= 11 is 0. The Kier molecular flexibility index (Phi) is 2.76. The van der Waals surface area contributed by atoms with Gasteiger partial charge in [-0.1, -0.05) is 0 Å². The van der Waals surface area contributed by atoms with Crippen molar-refractivity contribution >= 4 is 11.5 Å². The average molecular weight is 221 g/mol. The van der Waals surface area contributed by atoms with E-state index in [1.54, 1.807) is 0 Å². The lowest BCUT2D eigenvalue weighted by molar-refractivity contribution is -0.0278. The fraction of sp³-hybridized carbons (Fsp3) is 0.583. The molecule has 1 saturated heterocycles. The number of anilines is 2. The number of ether oxygens (including phenoxy) is 1. The van der Waals surface area contributed by atoms with Crippen molar-refractivity contribution < 1.29 is 4.74 Å². The van der Waals surface area contributed by atoms with E-state index in [0.717, 1.165) is 36.9 Å². The molecule has 0 aromatic carbocycles. The topological polar surface area (TPSA) is 51.4 Å². The predicted octanol–water partition coefficient (Wildman–Crippen LogP) is 1.59. The minimum Gasteiger partial charge on any atom is -0.396 e. The van der Waals surface area contributed by atoms with Crippen LogP contribution in [0.15, 0.2) is 12.1 Å². The van der Waals surface area contributed by atoms with E-state index in [9.17, 15) is 0 Å². The zero-order valence-corrected chi connectivity index (χ0v) is 10.2. The van der Waals surface area contributed by atoms with E-state index >= 15 is 0 Å². The minimum atomic E-state index is -0.129. The molecule has 2 heterocycles. The van der Waals surface area contributed by atoms with Gasteiger partial charge in [0.15, 0.2) is 5.82 Å². The Morgan fingerprint density at radius 3 is 2.88 bits per heavy atom. The maximum Gasteiger partial charge on any atom is 0.152 e. The van der Waals surface area contributed by atoms with Crippen LogP contribution in [0.4, 0.5) is 11.5 Å². The van der Waals surface area contributed by atoms with Gasteiger partial charge in [0, 0.05) is 18.8 Å². The van der Waals surface area contributed by atoms with E-state index in [2.05, 4.69) is 23.7 Å². The van der Waals surface area contributed by atoms with Crippen LogP contribution >= 0.6 is 0 Å². The number of aryl methyl sites for hydroxylation is 1. The normalized spacial score (nSPS) is 19.8. The van der Waals surface area contributed by atoms with Crippen LogP contribution in [0, 0.1) is 6.92 Å². The van der Waals surface area contributed by atoms with Gasteiger partial charge < -0.3 is 15.4 Å². The number of hydrogen-bond donors (Lipinski definition) is 1. The molecule has 0 saturated carbocycles. The number of nitrogens with zero attached hydrogens (tertiary/aromatic N) is 2. The van der Waals surface area contributed by atoms with Crippen LogP contribution in [0.2, 0.25) is 0 Å². The van der Waals surface area contributed by atoms with E-state index in [1.807, 2.05) is 19.1 Å². The lowest BCUT2D eigenvalue weighted by Gasteiger charge is -2.39. The monoisotopic (exact) mass is 221 g/mol. The molecule has 88 valence electrons. The summed E-state index contributed by atoms with van der Waals surface area (Å²) in [5.41, 5.74) is 7.57. The van der Waals surface area contributed by atoms with Crippen molar-refractivity contribution in [1.29, 1.82) is 0 Å². The van der Waals surface area contributed by atoms with Gasteiger partial charge in [-0.25, -0.2) is 4.98 Å². The number of nitrogen functional groups attached to an aromatic ring is 1. The summed E-state index contributed by atoms with van der Waals surface area (Å²) in [7, 11) is 0. The molecular weight excluding hydrogens is 202 g/mol. The molecule has 0 atom stereocenters. The molecule has 1 aromatic heterocycles. The van der Waals surface area contributed by atoms with Crippen LogP contribution < -0.4 is 10.6 Å². The van der Waals surface area contributed by atoms with Gasteiger partial charge in [0.2, 0.25) is 0 Å². The number of aromatic nitrogens is 1. The second-order valence-corrected chi connectivity index (χ2v) is 4.90. The Labute approximate surface area is 96.4 Å². The lowest BCUT2D eigenvalue weighted by Crippen LogP contribution is -2.48. The van der Waals surface area contributed by atoms with E-state index < -0.39 is 0 Å². The van der Waals surface area contributed by atoms with Crippen molar-refractivity contribution in [2.75, 3.05) is 30.3 Å². The molecule has 4 nitrogen and oxygen atoms in total. The Hall–Kier alpha value is -1.29. The molecule has 1 fully saturated rings. The molecule has 0 amide bonds. The molecule has 2 N–H and O–H groups in total. The molecule has 0 aliphatic carbocycles. The quantitative estimate of drug-likeness (QED) is 0.782. The van der Waals surface area contributed by atoms with Crippen molar-refractivity contribution in [3.8, 4) is 0 Å². The third kappa shape index (κ3) is 2.27. The maximum atomic E-state index is 5.96. The molecule has 1 aliphatic rings. The molecule has 0 radical (unpaired) electrons. The molecule has 0 spiro atoms. The first-order valence-corrected chi connectivity index (χ1v) is 5.60. The van der Waals surface area contributed by atoms with Gasteiger partial charge in [-0.3, -0.25) is 0 Å². The second kappa shape index (κ2) is 3.94. The van der Waals surface area contributed by atoms with Crippen molar-refractivity contribution in [3.05, 3.63) is 17.8 Å². The van der Waals surface area contributed by atoms with Crippen molar-refractivity contribution in [3.63, 3.8) is 0 Å². The molecule has 1 aromatic rings. The Bertz CT molecular complexity index is 390. The molecule has 0 unspecified atom stereocenters. The highest BCUT2D eigenvalue weighted by Crippen LogP contribution is 2.26. The Morgan fingerprint density at radius 1 is 1.44 bits per heavy atom. The zero-order valence-electron chi connectivity index (χ0n) is 10.2. The highest BCUT2D eigenvalue weighted by atomic mass is 16.5. The zero-order chi connectivity index (χ0) is 11.8. The smallest absolute Gasteiger partial charge is 0.152 e. The van der Waals surface area contributed by atoms with Gasteiger partial charge in [-0.05, 0) is 32.9 Å². The summed E-state index contributed by atoms with van der Waals surface area (Å²) in [5, 5.41) is 0. The average Bonchev–Trinajstić information content (AvgIpc) is 2.20. The maximum absolute atomic E-state index is 5.96. The van der Waals surface area contributed by atoms with E-state index in [4.69, 9.17) is 10.5 Å². The van der Waals surface area contributed by atoms with E-state index in [-0.39, 0.29) is 5.60 Å². The number of morpholine rings is 1. The standard InChI is InChI=1S/C12H19N3O/c1-9-4-5-10(13)11(14-9)15-6-7-16-12(2,3)8-15/h4-5H,6-8,13H2,1-3H3. The van der Waals surface area contributed by atoms with Gasteiger partial charge >= 0.3 is 0 Å². The molecule has 4 heteroatoms. The molecule has 2 rings (SSSR count). The Balaban J connectivity index is 2.26. The number of nitrogens with two attached hydrogens (primary N) is 1.